The topological polar surface area (TPSA) is 38.3 Å². The number of amides is 1. The Morgan fingerprint density at radius 1 is 1.53 bits per heavy atom. The van der Waals surface area contributed by atoms with Crippen molar-refractivity contribution >= 4 is 11.6 Å². The number of carbonyl (C=O) groups is 1. The molecule has 1 amide bonds. The third kappa shape index (κ3) is 3.35. The van der Waals surface area contributed by atoms with E-state index < -0.39 is 0 Å². The zero-order valence-corrected chi connectivity index (χ0v) is 8.62. The van der Waals surface area contributed by atoms with Crippen LogP contribution in [0.5, 0.6) is 5.75 Å². The van der Waals surface area contributed by atoms with Gasteiger partial charge in [0.05, 0.1) is 12.8 Å². The van der Waals surface area contributed by atoms with E-state index in [2.05, 4.69) is 11.2 Å². The Morgan fingerprint density at radius 3 is 2.93 bits per heavy atom. The maximum atomic E-state index is 11.4. The lowest BCUT2D eigenvalue weighted by atomic mass is 10.2. The molecule has 0 spiro atoms. The Bertz CT molecular complexity index is 379. The van der Waals surface area contributed by atoms with Gasteiger partial charge in [-0.2, -0.15) is 0 Å². The summed E-state index contributed by atoms with van der Waals surface area (Å²) in [5.41, 5.74) is 0.669. The molecule has 0 heterocycles. The predicted molar refractivity (Wildman–Crippen MR) is 59.7 cm³/mol. The molecular formula is C12H13NO2. The number of terminal acetylenes is 1. The van der Waals surface area contributed by atoms with Crippen molar-refractivity contribution in [3.63, 3.8) is 0 Å². The number of hydrogen-bond acceptors (Lipinski definition) is 2. The monoisotopic (exact) mass is 203 g/mol. The maximum Gasteiger partial charge on any atom is 0.225 e. The fourth-order valence-electron chi connectivity index (χ4n) is 1.15. The highest BCUT2D eigenvalue weighted by atomic mass is 16.5. The summed E-state index contributed by atoms with van der Waals surface area (Å²) < 4.78 is 5.10. The van der Waals surface area contributed by atoms with Gasteiger partial charge in [-0.15, -0.1) is 12.3 Å². The van der Waals surface area contributed by atoms with Crippen molar-refractivity contribution in [2.24, 2.45) is 0 Å². The number of rotatable bonds is 4. The molecule has 78 valence electrons. The minimum absolute atomic E-state index is 0.0996. The summed E-state index contributed by atoms with van der Waals surface area (Å²) in [6, 6.07) is 7.25. The summed E-state index contributed by atoms with van der Waals surface area (Å²) in [6.45, 7) is 0. The molecule has 0 saturated carbocycles. The molecule has 1 N–H and O–H groups in total. The molecule has 0 bridgehead atoms. The number of methoxy groups -OCH3 is 1. The van der Waals surface area contributed by atoms with Crippen LogP contribution in [0.25, 0.3) is 0 Å². The first-order valence-electron chi connectivity index (χ1n) is 4.64. The molecule has 0 unspecified atom stereocenters. The largest absolute Gasteiger partial charge is 0.495 e. The second-order valence-electron chi connectivity index (χ2n) is 2.95. The van der Waals surface area contributed by atoms with Crippen LogP contribution in [0.3, 0.4) is 0 Å². The van der Waals surface area contributed by atoms with E-state index in [9.17, 15) is 4.79 Å². The molecule has 0 aliphatic rings. The highest BCUT2D eigenvalue weighted by Crippen LogP contribution is 2.22. The Balaban J connectivity index is 2.64. The first-order valence-corrected chi connectivity index (χ1v) is 4.64. The fraction of sp³-hybridized carbons (Fsp3) is 0.250. The molecule has 0 radical (unpaired) electrons. The molecule has 0 atom stereocenters. The quantitative estimate of drug-likeness (QED) is 0.760. The average Bonchev–Trinajstić information content (AvgIpc) is 2.27. The van der Waals surface area contributed by atoms with Crippen molar-refractivity contribution in [3.8, 4) is 18.1 Å². The molecule has 1 aromatic carbocycles. The lowest BCUT2D eigenvalue weighted by molar-refractivity contribution is -0.116. The first kappa shape index (κ1) is 11.1. The summed E-state index contributed by atoms with van der Waals surface area (Å²) in [6.07, 6.45) is 5.84. The van der Waals surface area contributed by atoms with Gasteiger partial charge in [0, 0.05) is 12.8 Å². The smallest absolute Gasteiger partial charge is 0.225 e. The van der Waals surface area contributed by atoms with E-state index in [0.29, 0.717) is 24.3 Å². The van der Waals surface area contributed by atoms with Crippen molar-refractivity contribution in [2.75, 3.05) is 12.4 Å². The van der Waals surface area contributed by atoms with Crippen LogP contribution >= 0.6 is 0 Å². The zero-order valence-electron chi connectivity index (χ0n) is 8.62. The van der Waals surface area contributed by atoms with Gasteiger partial charge in [0.2, 0.25) is 5.91 Å². The van der Waals surface area contributed by atoms with E-state index in [1.165, 1.54) is 0 Å². The van der Waals surface area contributed by atoms with E-state index >= 15 is 0 Å². The number of hydrogen-bond donors (Lipinski definition) is 1. The van der Waals surface area contributed by atoms with Crippen LogP contribution in [0.2, 0.25) is 0 Å². The van der Waals surface area contributed by atoms with Gasteiger partial charge >= 0.3 is 0 Å². The summed E-state index contributed by atoms with van der Waals surface area (Å²) in [7, 11) is 1.56. The molecule has 1 rings (SSSR count). The van der Waals surface area contributed by atoms with Crippen LogP contribution in [-0.2, 0) is 4.79 Å². The highest BCUT2D eigenvalue weighted by Gasteiger charge is 2.05. The van der Waals surface area contributed by atoms with E-state index in [1.54, 1.807) is 19.2 Å². The van der Waals surface area contributed by atoms with Gasteiger partial charge in [-0.1, -0.05) is 12.1 Å². The zero-order chi connectivity index (χ0) is 11.1. The number of benzene rings is 1. The second kappa shape index (κ2) is 5.71. The van der Waals surface area contributed by atoms with E-state index in [4.69, 9.17) is 11.2 Å². The SMILES string of the molecule is C#CCCC(=O)Nc1ccccc1OC. The van der Waals surface area contributed by atoms with Crippen molar-refractivity contribution in [1.82, 2.24) is 0 Å². The Labute approximate surface area is 89.4 Å². The minimum atomic E-state index is -0.0996. The van der Waals surface area contributed by atoms with Gasteiger partial charge in [-0.3, -0.25) is 4.79 Å². The minimum Gasteiger partial charge on any atom is -0.495 e. The molecule has 3 nitrogen and oxygen atoms in total. The van der Waals surface area contributed by atoms with Gasteiger partial charge in [0.1, 0.15) is 5.75 Å². The summed E-state index contributed by atoms with van der Waals surface area (Å²) in [5.74, 6) is 2.97. The Morgan fingerprint density at radius 2 is 2.27 bits per heavy atom. The van der Waals surface area contributed by atoms with Crippen LogP contribution < -0.4 is 10.1 Å². The number of ether oxygens (including phenoxy) is 1. The van der Waals surface area contributed by atoms with Crippen LogP contribution in [0, 0.1) is 12.3 Å². The van der Waals surface area contributed by atoms with Crippen molar-refractivity contribution < 1.29 is 9.53 Å². The van der Waals surface area contributed by atoms with Gasteiger partial charge in [-0.05, 0) is 12.1 Å². The van der Waals surface area contributed by atoms with Crippen LogP contribution in [0.15, 0.2) is 24.3 Å². The lowest BCUT2D eigenvalue weighted by Gasteiger charge is -2.08. The normalized spacial score (nSPS) is 9.07. The fourth-order valence-corrected chi connectivity index (χ4v) is 1.15. The lowest BCUT2D eigenvalue weighted by Crippen LogP contribution is -2.11. The number of anilines is 1. The van der Waals surface area contributed by atoms with Crippen molar-refractivity contribution in [3.05, 3.63) is 24.3 Å². The molecular weight excluding hydrogens is 190 g/mol. The summed E-state index contributed by atoms with van der Waals surface area (Å²) >= 11 is 0. The van der Waals surface area contributed by atoms with Gasteiger partial charge in [-0.25, -0.2) is 0 Å². The maximum absolute atomic E-state index is 11.4. The molecule has 3 heteroatoms. The first-order chi connectivity index (χ1) is 7.27. The van der Waals surface area contributed by atoms with Crippen LogP contribution in [-0.4, -0.2) is 13.0 Å². The molecule has 0 aromatic heterocycles. The Hall–Kier alpha value is -1.95. The standard InChI is InChI=1S/C12H13NO2/c1-3-4-9-12(14)13-10-7-5-6-8-11(10)15-2/h1,5-8H,4,9H2,2H3,(H,13,14). The molecule has 0 aliphatic heterocycles. The summed E-state index contributed by atoms with van der Waals surface area (Å²) in [4.78, 5) is 11.4. The van der Waals surface area contributed by atoms with Crippen molar-refractivity contribution in [2.45, 2.75) is 12.8 Å². The number of carbonyl (C=O) groups excluding carboxylic acids is 1. The van der Waals surface area contributed by atoms with Crippen LogP contribution in [0.4, 0.5) is 5.69 Å². The third-order valence-electron chi connectivity index (χ3n) is 1.88. The number of para-hydroxylation sites is 2. The van der Waals surface area contributed by atoms with Gasteiger partial charge in [0.15, 0.2) is 0 Å². The molecule has 15 heavy (non-hydrogen) atoms. The number of nitrogens with one attached hydrogen (secondary N) is 1. The molecule has 0 saturated heterocycles. The molecule has 1 aromatic rings. The van der Waals surface area contributed by atoms with E-state index in [0.717, 1.165) is 0 Å². The van der Waals surface area contributed by atoms with E-state index in [-0.39, 0.29) is 5.91 Å². The highest BCUT2D eigenvalue weighted by molar-refractivity contribution is 5.92. The van der Waals surface area contributed by atoms with Crippen molar-refractivity contribution in [1.29, 1.82) is 0 Å². The third-order valence-corrected chi connectivity index (χ3v) is 1.88. The summed E-state index contributed by atoms with van der Waals surface area (Å²) in [5, 5.41) is 2.74. The second-order valence-corrected chi connectivity index (χ2v) is 2.95. The van der Waals surface area contributed by atoms with Gasteiger partial charge in [0.25, 0.3) is 0 Å². The van der Waals surface area contributed by atoms with Gasteiger partial charge < -0.3 is 10.1 Å². The molecule has 0 fully saturated rings. The average molecular weight is 203 g/mol. The molecule has 0 aliphatic carbocycles. The van der Waals surface area contributed by atoms with Crippen LogP contribution in [0.1, 0.15) is 12.8 Å². The predicted octanol–water partition coefficient (Wildman–Crippen LogP) is 2.05. The van der Waals surface area contributed by atoms with E-state index in [1.807, 2.05) is 12.1 Å². The Kier molecular flexibility index (Phi) is 4.24.